The molecule has 2 aromatic rings. The fraction of sp³-hybridized carbons (Fsp3) is 0.778. The zero-order valence-corrected chi connectivity index (χ0v) is 37.9. The molecule has 1 unspecified atom stereocenters. The maximum Gasteiger partial charge on any atom is 0.472 e. The summed E-state index contributed by atoms with van der Waals surface area (Å²) in [5.41, 5.74) is 5.20. The number of phosphoric ester groups is 1. The zero-order chi connectivity index (χ0) is 42.1. The first-order chi connectivity index (χ1) is 27.3. The molecule has 2 atom stereocenters. The molecule has 0 amide bonds. The quantitative estimate of drug-likeness (QED) is 0.0410. The van der Waals surface area contributed by atoms with Gasteiger partial charge in [-0.3, -0.25) is 18.6 Å². The summed E-state index contributed by atoms with van der Waals surface area (Å²) in [6.45, 7) is 12.7. The lowest BCUT2D eigenvalue weighted by Gasteiger charge is -2.20. The molecule has 0 radical (unpaired) electrons. The number of aryl methyl sites for hydroxylation is 4. The molecule has 11 nitrogen and oxygen atoms in total. The van der Waals surface area contributed by atoms with Crippen LogP contribution in [0, 0.1) is 27.7 Å². The van der Waals surface area contributed by atoms with Crippen LogP contribution in [0.4, 0.5) is 0 Å². The maximum atomic E-state index is 12.7. The van der Waals surface area contributed by atoms with Gasteiger partial charge in [-0.05, 0) is 103 Å². The van der Waals surface area contributed by atoms with Crippen LogP contribution in [0.1, 0.15) is 175 Å². The SMILES string of the molecule is CCCc1oc(CCCCCCCCCCC(=O)O[C@H](COC(=O)CCCCCCCCc2oc(CCC)c(C)c2C)COP(=O)(O)OCCN(C)C)c(C)c1C. The molecule has 0 saturated heterocycles. The number of ether oxygens (including phenoxy) is 2. The molecule has 0 aromatic carbocycles. The number of carbonyl (C=O) groups is 2. The van der Waals surface area contributed by atoms with Gasteiger partial charge in [0.15, 0.2) is 6.10 Å². The summed E-state index contributed by atoms with van der Waals surface area (Å²) in [4.78, 5) is 37.2. The van der Waals surface area contributed by atoms with Gasteiger partial charge in [-0.25, -0.2) is 4.57 Å². The van der Waals surface area contributed by atoms with Crippen LogP contribution in [0.15, 0.2) is 8.83 Å². The van der Waals surface area contributed by atoms with Crippen molar-refractivity contribution in [2.75, 3.05) is 40.5 Å². The van der Waals surface area contributed by atoms with Crippen molar-refractivity contribution in [2.45, 2.75) is 189 Å². The van der Waals surface area contributed by atoms with Crippen molar-refractivity contribution in [3.05, 3.63) is 45.3 Å². The third kappa shape index (κ3) is 21.4. The second-order valence-corrected chi connectivity index (χ2v) is 17.5. The third-order valence-corrected chi connectivity index (χ3v) is 11.7. The van der Waals surface area contributed by atoms with E-state index < -0.39 is 32.5 Å². The molecule has 0 aliphatic rings. The molecule has 1 N–H and O–H groups in total. The largest absolute Gasteiger partial charge is 0.472 e. The minimum absolute atomic E-state index is 0.00624. The first-order valence-corrected chi connectivity index (χ1v) is 23.5. The molecule has 328 valence electrons. The number of rotatable bonds is 34. The summed E-state index contributed by atoms with van der Waals surface area (Å²) in [5, 5.41) is 0. The van der Waals surface area contributed by atoms with E-state index in [0.717, 1.165) is 126 Å². The van der Waals surface area contributed by atoms with Crippen LogP contribution < -0.4 is 0 Å². The van der Waals surface area contributed by atoms with Crippen molar-refractivity contribution in [2.24, 2.45) is 0 Å². The molecule has 2 heterocycles. The standard InChI is InChI=1S/C45H78NO10P/c1-9-25-40-35(3)37(5)42(55-40)27-21-17-13-11-12-14-20-24-30-45(48)54-39(34-53-57(49,50)52-32-31-46(7)8)33-51-44(47)29-23-19-16-15-18-22-28-43-38(6)36(4)41(56-43)26-10-2/h39H,9-34H2,1-8H3,(H,49,50)/t39-/m1/s1. The molecule has 0 aliphatic carbocycles. The summed E-state index contributed by atoms with van der Waals surface area (Å²) in [6.07, 6.45) is 19.9. The van der Waals surface area contributed by atoms with Crippen LogP contribution in [0.3, 0.4) is 0 Å². The average molecular weight is 824 g/mol. The van der Waals surface area contributed by atoms with Gasteiger partial charge >= 0.3 is 19.8 Å². The topological polar surface area (TPSA) is 138 Å². The highest BCUT2D eigenvalue weighted by molar-refractivity contribution is 7.47. The lowest BCUT2D eigenvalue weighted by Crippen LogP contribution is -2.29. The molecule has 2 aromatic heterocycles. The van der Waals surface area contributed by atoms with Crippen molar-refractivity contribution in [1.82, 2.24) is 4.90 Å². The van der Waals surface area contributed by atoms with Crippen LogP contribution in [0.25, 0.3) is 0 Å². The lowest BCUT2D eigenvalue weighted by atomic mass is 10.0. The zero-order valence-electron chi connectivity index (χ0n) is 37.0. The van der Waals surface area contributed by atoms with Crippen LogP contribution in [0.5, 0.6) is 0 Å². The van der Waals surface area contributed by atoms with Crippen LogP contribution in [-0.2, 0) is 58.4 Å². The van der Waals surface area contributed by atoms with E-state index in [1.807, 2.05) is 19.0 Å². The fourth-order valence-electron chi connectivity index (χ4n) is 6.90. The highest BCUT2D eigenvalue weighted by Crippen LogP contribution is 2.43. The molecule has 0 bridgehead atoms. The average Bonchev–Trinajstić information content (AvgIpc) is 3.59. The Morgan fingerprint density at radius 1 is 0.596 bits per heavy atom. The van der Waals surface area contributed by atoms with Gasteiger partial charge in [-0.15, -0.1) is 0 Å². The Morgan fingerprint density at radius 2 is 1.00 bits per heavy atom. The van der Waals surface area contributed by atoms with Gasteiger partial charge in [-0.2, -0.15) is 0 Å². The van der Waals surface area contributed by atoms with E-state index in [1.54, 1.807) is 0 Å². The number of likely N-dealkylation sites (N-methyl/N-ethyl adjacent to an activating group) is 1. The Balaban J connectivity index is 1.65. The molecule has 12 heteroatoms. The molecule has 2 rings (SSSR count). The van der Waals surface area contributed by atoms with E-state index in [-0.39, 0.29) is 26.1 Å². The van der Waals surface area contributed by atoms with Crippen LogP contribution in [0.2, 0.25) is 0 Å². The number of nitrogens with zero attached hydrogens (tertiary/aromatic N) is 1. The normalized spacial score (nSPS) is 13.3. The van der Waals surface area contributed by atoms with Gasteiger partial charge in [0.25, 0.3) is 0 Å². The molecular weight excluding hydrogens is 745 g/mol. The number of furan rings is 2. The number of phosphoric acid groups is 1. The fourth-order valence-corrected chi connectivity index (χ4v) is 7.64. The van der Waals surface area contributed by atoms with Crippen molar-refractivity contribution in [1.29, 1.82) is 0 Å². The third-order valence-electron chi connectivity index (χ3n) is 10.8. The monoisotopic (exact) mass is 824 g/mol. The Hall–Kier alpha value is -2.43. The number of esters is 2. The summed E-state index contributed by atoms with van der Waals surface area (Å²) >= 11 is 0. The predicted molar refractivity (Wildman–Crippen MR) is 227 cm³/mol. The molecule has 0 spiro atoms. The second kappa shape index (κ2) is 28.9. The van der Waals surface area contributed by atoms with E-state index in [9.17, 15) is 19.0 Å². The van der Waals surface area contributed by atoms with Gasteiger partial charge in [0.1, 0.15) is 29.6 Å². The van der Waals surface area contributed by atoms with Gasteiger partial charge in [0, 0.05) is 45.1 Å². The van der Waals surface area contributed by atoms with E-state index >= 15 is 0 Å². The van der Waals surface area contributed by atoms with Crippen LogP contribution >= 0.6 is 7.82 Å². The highest BCUT2D eigenvalue weighted by atomic mass is 31.2. The van der Waals surface area contributed by atoms with E-state index in [1.165, 1.54) is 35.1 Å². The van der Waals surface area contributed by atoms with Gasteiger partial charge in [-0.1, -0.05) is 78.1 Å². The summed E-state index contributed by atoms with van der Waals surface area (Å²) < 4.78 is 45.8. The molecule has 0 saturated carbocycles. The number of carbonyl (C=O) groups excluding carboxylic acids is 2. The summed E-state index contributed by atoms with van der Waals surface area (Å²) in [5.74, 6) is 3.68. The summed E-state index contributed by atoms with van der Waals surface area (Å²) in [7, 11) is -0.749. The van der Waals surface area contributed by atoms with Gasteiger partial charge in [0.2, 0.25) is 0 Å². The Morgan fingerprint density at radius 3 is 1.44 bits per heavy atom. The Kier molecular flexibility index (Phi) is 25.7. The van der Waals surface area contributed by atoms with Crippen molar-refractivity contribution in [3.8, 4) is 0 Å². The molecule has 0 fully saturated rings. The van der Waals surface area contributed by atoms with Crippen LogP contribution in [-0.4, -0.2) is 68.3 Å². The Labute approximate surface area is 344 Å². The highest BCUT2D eigenvalue weighted by Gasteiger charge is 2.26. The smallest absolute Gasteiger partial charge is 0.466 e. The second-order valence-electron chi connectivity index (χ2n) is 16.0. The van der Waals surface area contributed by atoms with E-state index in [4.69, 9.17) is 27.4 Å². The lowest BCUT2D eigenvalue weighted by molar-refractivity contribution is -0.161. The minimum atomic E-state index is -4.39. The van der Waals surface area contributed by atoms with Crippen molar-refractivity contribution < 1.29 is 46.4 Å². The summed E-state index contributed by atoms with van der Waals surface area (Å²) in [6, 6.07) is 0. The molecule has 57 heavy (non-hydrogen) atoms. The predicted octanol–water partition coefficient (Wildman–Crippen LogP) is 11.2. The van der Waals surface area contributed by atoms with E-state index in [0.29, 0.717) is 19.4 Å². The number of hydrogen-bond acceptors (Lipinski definition) is 10. The first-order valence-electron chi connectivity index (χ1n) is 22.0. The van der Waals surface area contributed by atoms with Crippen molar-refractivity contribution >= 4 is 19.8 Å². The molecular formula is C45H78NO10P. The maximum absolute atomic E-state index is 12.7. The van der Waals surface area contributed by atoms with Gasteiger partial charge < -0.3 is 28.1 Å². The Bertz CT molecular complexity index is 1460. The van der Waals surface area contributed by atoms with Crippen molar-refractivity contribution in [3.63, 3.8) is 0 Å². The number of unbranched alkanes of at least 4 members (excludes halogenated alkanes) is 12. The van der Waals surface area contributed by atoms with E-state index in [2.05, 4.69) is 41.5 Å². The number of hydrogen-bond donors (Lipinski definition) is 1. The minimum Gasteiger partial charge on any atom is -0.466 e. The first kappa shape index (κ1) is 50.7. The molecule has 0 aliphatic heterocycles. The van der Waals surface area contributed by atoms with Gasteiger partial charge in [0.05, 0.1) is 13.2 Å².